The number of H-pyrrole nitrogens is 1. The van der Waals surface area contributed by atoms with Gasteiger partial charge in [-0.05, 0) is 58.1 Å². The first kappa shape index (κ1) is 25.9. The summed E-state index contributed by atoms with van der Waals surface area (Å²) in [5.74, 6) is 2.64. The first-order valence-corrected chi connectivity index (χ1v) is 13.6. The smallest absolute Gasteiger partial charge is 0.320 e. The Balaban J connectivity index is 1.13. The molecule has 0 bridgehead atoms. The van der Waals surface area contributed by atoms with E-state index in [0.29, 0.717) is 12.4 Å². The lowest BCUT2D eigenvalue weighted by molar-refractivity contribution is 0.132. The normalized spacial score (nSPS) is 21.8. The van der Waals surface area contributed by atoms with E-state index >= 15 is 0 Å². The van der Waals surface area contributed by atoms with Crippen LogP contribution in [0.15, 0.2) is 42.9 Å². The molecule has 2 N–H and O–H groups in total. The highest BCUT2D eigenvalue weighted by Crippen LogP contribution is 2.45. The molecule has 4 aromatic rings. The second-order valence-corrected chi connectivity index (χ2v) is 11.0. The molecule has 1 saturated carbocycles. The fourth-order valence-electron chi connectivity index (χ4n) is 5.93. The molecule has 1 atom stereocenters. The van der Waals surface area contributed by atoms with Gasteiger partial charge in [-0.25, -0.2) is 28.8 Å². The second kappa shape index (κ2) is 10.00. The zero-order chi connectivity index (χ0) is 28.0. The van der Waals surface area contributed by atoms with Crippen molar-refractivity contribution in [3.8, 4) is 5.82 Å². The van der Waals surface area contributed by atoms with Crippen LogP contribution in [0.25, 0.3) is 5.82 Å². The van der Waals surface area contributed by atoms with Gasteiger partial charge in [-0.2, -0.15) is 10.2 Å². The van der Waals surface area contributed by atoms with Gasteiger partial charge in [0.15, 0.2) is 17.5 Å². The van der Waals surface area contributed by atoms with E-state index in [1.807, 2.05) is 55.8 Å². The number of aromatic amines is 1. The van der Waals surface area contributed by atoms with E-state index in [-0.39, 0.29) is 23.5 Å². The number of aromatic nitrogens is 7. The molecule has 40 heavy (non-hydrogen) atoms. The number of urea groups is 1. The lowest BCUT2D eigenvalue weighted by atomic mass is 9.75. The number of halogens is 1. The highest BCUT2D eigenvalue weighted by Gasteiger charge is 2.50. The van der Waals surface area contributed by atoms with Crippen molar-refractivity contribution in [3.05, 3.63) is 71.4 Å². The third-order valence-electron chi connectivity index (χ3n) is 8.33. The van der Waals surface area contributed by atoms with Crippen molar-refractivity contribution in [1.82, 2.24) is 44.7 Å². The maximum Gasteiger partial charge on any atom is 0.320 e. The Labute approximate surface area is 231 Å². The van der Waals surface area contributed by atoms with Crippen molar-refractivity contribution in [1.29, 1.82) is 0 Å². The van der Waals surface area contributed by atoms with Crippen LogP contribution in [-0.4, -0.2) is 69.9 Å². The number of carbonyl (C=O) groups excluding carboxylic acids is 1. The molecule has 4 aromatic heterocycles. The monoisotopic (exact) mass is 544 g/mol. The van der Waals surface area contributed by atoms with Crippen LogP contribution >= 0.6 is 0 Å². The van der Waals surface area contributed by atoms with Crippen LogP contribution in [0, 0.1) is 19.7 Å². The van der Waals surface area contributed by atoms with Crippen molar-refractivity contribution >= 4 is 17.7 Å². The zero-order valence-electron chi connectivity index (χ0n) is 23.1. The Hall–Kier alpha value is -4.35. The number of nitrogens with one attached hydrogen (secondary N) is 2. The number of aryl methyl sites for hydroxylation is 2. The van der Waals surface area contributed by atoms with Crippen LogP contribution in [0.4, 0.5) is 20.8 Å². The molecule has 5 heterocycles. The van der Waals surface area contributed by atoms with Crippen molar-refractivity contribution in [2.75, 3.05) is 18.9 Å². The fourth-order valence-corrected chi connectivity index (χ4v) is 5.93. The molecule has 6 rings (SSSR count). The average Bonchev–Trinajstić information content (AvgIpc) is 3.63. The number of pyridine rings is 1. The molecule has 2 amide bonds. The van der Waals surface area contributed by atoms with E-state index in [4.69, 9.17) is 9.97 Å². The molecule has 2 aliphatic rings. The third-order valence-corrected chi connectivity index (χ3v) is 8.33. The number of anilines is 2. The highest BCUT2D eigenvalue weighted by molar-refractivity contribution is 5.78. The molecule has 2 fully saturated rings. The molecule has 1 aliphatic heterocycles. The summed E-state index contributed by atoms with van der Waals surface area (Å²) >= 11 is 0. The number of likely N-dealkylation sites (N-methyl/N-ethyl adjacent to an activating group) is 1. The van der Waals surface area contributed by atoms with Crippen molar-refractivity contribution in [2.24, 2.45) is 0 Å². The Morgan fingerprint density at radius 2 is 1.93 bits per heavy atom. The van der Waals surface area contributed by atoms with E-state index in [1.54, 1.807) is 12.3 Å². The second-order valence-electron chi connectivity index (χ2n) is 11.0. The Kier molecular flexibility index (Phi) is 6.47. The van der Waals surface area contributed by atoms with Crippen LogP contribution in [0.1, 0.15) is 67.3 Å². The molecule has 0 unspecified atom stereocenters. The molecule has 11 nitrogen and oxygen atoms in total. The minimum atomic E-state index is -0.417. The fraction of sp³-hybridized carbons (Fsp3) is 0.429. The molecule has 12 heteroatoms. The lowest BCUT2D eigenvalue weighted by Crippen LogP contribution is -2.47. The quantitative estimate of drug-likeness (QED) is 0.358. The van der Waals surface area contributed by atoms with Gasteiger partial charge in [-0.1, -0.05) is 6.07 Å². The van der Waals surface area contributed by atoms with Crippen LogP contribution in [0.5, 0.6) is 0 Å². The van der Waals surface area contributed by atoms with Crippen molar-refractivity contribution in [2.45, 2.75) is 64.0 Å². The van der Waals surface area contributed by atoms with Crippen LogP contribution in [-0.2, 0) is 0 Å². The molecule has 0 aromatic carbocycles. The molecule has 1 aliphatic carbocycles. The number of hydrogen-bond donors (Lipinski definition) is 2. The number of carbonyl (C=O) groups is 1. The molecule has 0 radical (unpaired) electrons. The highest BCUT2D eigenvalue weighted by atomic mass is 19.1. The van der Waals surface area contributed by atoms with Gasteiger partial charge < -0.3 is 15.1 Å². The van der Waals surface area contributed by atoms with Gasteiger partial charge in [-0.15, -0.1) is 0 Å². The van der Waals surface area contributed by atoms with E-state index < -0.39 is 5.82 Å². The predicted octanol–water partition coefficient (Wildman–Crippen LogP) is 4.80. The van der Waals surface area contributed by atoms with Gasteiger partial charge in [0.25, 0.3) is 0 Å². The maximum absolute atomic E-state index is 13.4. The number of amides is 2. The van der Waals surface area contributed by atoms with Crippen LogP contribution in [0.3, 0.4) is 0 Å². The summed E-state index contributed by atoms with van der Waals surface area (Å²) in [4.78, 5) is 31.3. The maximum atomic E-state index is 13.4. The zero-order valence-corrected chi connectivity index (χ0v) is 23.1. The Morgan fingerprint density at radius 3 is 2.58 bits per heavy atom. The summed E-state index contributed by atoms with van der Waals surface area (Å²) < 4.78 is 14.7. The summed E-state index contributed by atoms with van der Waals surface area (Å²) in [5, 5.41) is 14.4. The molecular formula is C28H33FN10O. The van der Waals surface area contributed by atoms with Gasteiger partial charge in [0.05, 0.1) is 24.0 Å². The van der Waals surface area contributed by atoms with Crippen LogP contribution < -0.4 is 5.32 Å². The molecule has 208 valence electrons. The summed E-state index contributed by atoms with van der Waals surface area (Å²) in [6.07, 6.45) is 7.73. The van der Waals surface area contributed by atoms with E-state index in [9.17, 15) is 9.18 Å². The Morgan fingerprint density at radius 1 is 1.12 bits per heavy atom. The lowest BCUT2D eigenvalue weighted by Gasteiger charge is -2.40. The molecular weight excluding hydrogens is 511 g/mol. The number of nitrogens with zero attached hydrogens (tertiary/aromatic N) is 8. The first-order valence-electron chi connectivity index (χ1n) is 13.6. The molecule has 1 saturated heterocycles. The average molecular weight is 545 g/mol. The first-order chi connectivity index (χ1) is 19.2. The SMILES string of the molecule is Cc1cc(Nc2cc(C)[nH]n2)nc(C2CCC3(CC2)CN([C@@H](C)c2ccc(-n4cc(F)cn4)nc2)C(=O)N3C)n1. The number of hydrogen-bond acceptors (Lipinski definition) is 7. The standard InChI is InChI=1S/C28H33FN10O/c1-17-11-23(33-24-12-18(2)35-36-24)34-26(32-17)20-7-9-28(10-8-20)16-38(27(40)37(28)4)19(3)21-5-6-25(30-13-21)39-15-22(29)14-31-39/h5-6,11-15,19-20H,7-10,16H2,1-4H3,(H2,32,33,34,35,36)/t19-,20?,28?/m0/s1. The third kappa shape index (κ3) is 4.78. The Bertz CT molecular complexity index is 1520. The summed E-state index contributed by atoms with van der Waals surface area (Å²) in [5.41, 5.74) is 2.58. The van der Waals surface area contributed by atoms with Crippen LogP contribution in [0.2, 0.25) is 0 Å². The minimum Gasteiger partial charge on any atom is -0.323 e. The minimum absolute atomic E-state index is 0.0248. The summed E-state index contributed by atoms with van der Waals surface area (Å²) in [7, 11) is 1.92. The van der Waals surface area contributed by atoms with Crippen molar-refractivity contribution in [3.63, 3.8) is 0 Å². The van der Waals surface area contributed by atoms with E-state index in [0.717, 1.165) is 66.3 Å². The van der Waals surface area contributed by atoms with Gasteiger partial charge in [-0.3, -0.25) is 5.10 Å². The summed E-state index contributed by atoms with van der Waals surface area (Å²) in [6.45, 7) is 6.62. The topological polar surface area (TPSA) is 121 Å². The van der Waals surface area contributed by atoms with Gasteiger partial charge in [0.2, 0.25) is 0 Å². The van der Waals surface area contributed by atoms with Gasteiger partial charge >= 0.3 is 6.03 Å². The van der Waals surface area contributed by atoms with E-state index in [2.05, 4.69) is 25.6 Å². The van der Waals surface area contributed by atoms with Gasteiger partial charge in [0, 0.05) is 49.2 Å². The molecule has 1 spiro atoms. The summed E-state index contributed by atoms with van der Waals surface area (Å²) in [6, 6.07) is 7.45. The van der Waals surface area contributed by atoms with E-state index in [1.165, 1.54) is 10.9 Å². The number of rotatable bonds is 6. The largest absolute Gasteiger partial charge is 0.323 e. The van der Waals surface area contributed by atoms with Crippen molar-refractivity contribution < 1.29 is 9.18 Å². The predicted molar refractivity (Wildman–Crippen MR) is 147 cm³/mol. The van der Waals surface area contributed by atoms with Gasteiger partial charge in [0.1, 0.15) is 11.6 Å².